The number of carbonyl (C=O) groups excluding carboxylic acids is 2. The van der Waals surface area contributed by atoms with E-state index in [4.69, 9.17) is 14.9 Å². The number of nitrogens with zero attached hydrogens (tertiary/aromatic N) is 8. The molecule has 6 aliphatic rings. The molecule has 2 aliphatic heterocycles. The summed E-state index contributed by atoms with van der Waals surface area (Å²) in [6.45, 7) is 9.94. The van der Waals surface area contributed by atoms with Crippen molar-refractivity contribution in [2.45, 2.75) is 96.8 Å². The highest BCUT2D eigenvalue weighted by atomic mass is 16.5. The lowest BCUT2D eigenvalue weighted by atomic mass is 9.36. The number of carbonyl (C=O) groups is 2. The standard InChI is InChI=1S/C34H43N9O5/c1-5-22-28(40-10-11-41(24-7-6-23(24)40)32(47)27-29(45)20(4)35-18-36-27)30(46)26-31(39-43(38-26)21-8-12-48-13-9-21)42(22)14-25(44)37-34-15-33(16-34,17-34)19(2)3/h8,18-19,23-24,45H,5-7,9-17H2,1-4H3,(H,37,44)/t23-,24-,33?,34?/m0/s1. The zero-order chi connectivity index (χ0) is 33.5. The van der Waals surface area contributed by atoms with Gasteiger partial charge in [0, 0.05) is 36.8 Å². The fraction of sp³-hybridized carbons (Fsp3) is 0.618. The van der Waals surface area contributed by atoms with Crippen LogP contribution in [0.2, 0.25) is 0 Å². The first-order valence-electron chi connectivity index (χ1n) is 17.2. The molecule has 0 aromatic carbocycles. The van der Waals surface area contributed by atoms with Gasteiger partial charge in [-0.15, -0.1) is 10.2 Å². The van der Waals surface area contributed by atoms with Crippen LogP contribution in [0.4, 0.5) is 5.69 Å². The van der Waals surface area contributed by atoms with E-state index in [1.165, 1.54) is 11.1 Å². The maximum absolute atomic E-state index is 14.5. The summed E-state index contributed by atoms with van der Waals surface area (Å²) < 4.78 is 7.38. The van der Waals surface area contributed by atoms with Crippen molar-refractivity contribution in [1.29, 1.82) is 0 Å². The number of aromatic nitrogens is 6. The van der Waals surface area contributed by atoms with Crippen LogP contribution in [0, 0.1) is 18.3 Å². The molecule has 1 saturated heterocycles. The number of nitrogens with one attached hydrogen (secondary N) is 1. The lowest BCUT2D eigenvalue weighted by Crippen LogP contribution is -2.76. The van der Waals surface area contributed by atoms with Gasteiger partial charge in [0.25, 0.3) is 5.91 Å². The summed E-state index contributed by atoms with van der Waals surface area (Å²) in [7, 11) is 0. The Morgan fingerprint density at radius 1 is 1.12 bits per heavy atom. The number of aryl methyl sites for hydroxylation is 1. The molecule has 5 heterocycles. The second-order valence-corrected chi connectivity index (χ2v) is 14.7. The quantitative estimate of drug-likeness (QED) is 0.368. The Morgan fingerprint density at radius 3 is 2.56 bits per heavy atom. The fourth-order valence-electron chi connectivity index (χ4n) is 8.90. The minimum absolute atomic E-state index is 0.00676. The number of fused-ring (bicyclic) bond motifs is 2. The Balaban J connectivity index is 1.15. The van der Waals surface area contributed by atoms with E-state index in [2.05, 4.69) is 34.0 Å². The molecular weight excluding hydrogens is 614 g/mol. The molecule has 0 spiro atoms. The van der Waals surface area contributed by atoms with Crippen LogP contribution in [-0.2, 0) is 22.5 Å². The second kappa shape index (κ2) is 11.1. The summed E-state index contributed by atoms with van der Waals surface area (Å²) in [6, 6.07) is -0.259. The minimum atomic E-state index is -0.340. The van der Waals surface area contributed by atoms with Gasteiger partial charge >= 0.3 is 0 Å². The van der Waals surface area contributed by atoms with E-state index in [9.17, 15) is 19.5 Å². The Hall–Kier alpha value is -4.33. The molecule has 14 nitrogen and oxygen atoms in total. The predicted octanol–water partition coefficient (Wildman–Crippen LogP) is 2.41. The van der Waals surface area contributed by atoms with E-state index < -0.39 is 0 Å². The number of hydrogen-bond donors (Lipinski definition) is 2. The van der Waals surface area contributed by atoms with Crippen LogP contribution >= 0.6 is 0 Å². The van der Waals surface area contributed by atoms with Crippen LogP contribution in [0.15, 0.2) is 17.2 Å². The molecule has 14 heteroatoms. The van der Waals surface area contributed by atoms with Crippen LogP contribution in [0.5, 0.6) is 5.75 Å². The Kier molecular flexibility index (Phi) is 7.17. The van der Waals surface area contributed by atoms with Gasteiger partial charge < -0.3 is 29.5 Å². The van der Waals surface area contributed by atoms with Gasteiger partial charge in [-0.3, -0.25) is 14.4 Å². The first-order valence-corrected chi connectivity index (χ1v) is 17.2. The third-order valence-electron chi connectivity index (χ3n) is 11.8. The Labute approximate surface area is 278 Å². The van der Waals surface area contributed by atoms with E-state index in [0.29, 0.717) is 67.5 Å². The number of aromatic hydroxyl groups is 1. The molecule has 0 radical (unpaired) electrons. The molecule has 48 heavy (non-hydrogen) atoms. The highest BCUT2D eigenvalue weighted by molar-refractivity contribution is 5.95. The van der Waals surface area contributed by atoms with Gasteiger partial charge in [0.15, 0.2) is 22.6 Å². The summed E-state index contributed by atoms with van der Waals surface area (Å²) in [5.74, 6) is -0.0373. The van der Waals surface area contributed by atoms with Crippen molar-refractivity contribution < 1.29 is 19.4 Å². The SMILES string of the molecule is CCc1c(N2CCN(C(=O)c3ncnc(C)c3O)[C@H]3CC[C@@H]32)c(=O)c2nn(C3=CCOCC3)nc2n1CC(=O)NC12CC(C(C)C)(C1)C2. The molecule has 4 saturated carbocycles. The molecule has 0 unspecified atom stereocenters. The van der Waals surface area contributed by atoms with Gasteiger partial charge in [0.1, 0.15) is 18.6 Å². The molecule has 2 atom stereocenters. The van der Waals surface area contributed by atoms with Gasteiger partial charge in [-0.1, -0.05) is 20.8 Å². The number of pyridine rings is 1. The summed E-state index contributed by atoms with van der Waals surface area (Å²) >= 11 is 0. The number of amides is 2. The number of piperazine rings is 1. The average Bonchev–Trinajstić information content (AvgIpc) is 3.47. The number of anilines is 1. The van der Waals surface area contributed by atoms with Crippen LogP contribution in [0.3, 0.4) is 0 Å². The van der Waals surface area contributed by atoms with Crippen LogP contribution in [-0.4, -0.2) is 95.3 Å². The molecule has 254 valence electrons. The number of hydrogen-bond acceptors (Lipinski definition) is 10. The summed E-state index contributed by atoms with van der Waals surface area (Å²) in [4.78, 5) is 55.4. The first-order chi connectivity index (χ1) is 23.0. The monoisotopic (exact) mass is 657 g/mol. The van der Waals surface area contributed by atoms with Crippen molar-refractivity contribution in [2.75, 3.05) is 31.2 Å². The fourth-order valence-corrected chi connectivity index (χ4v) is 8.90. The third-order valence-corrected chi connectivity index (χ3v) is 11.8. The molecule has 2 N–H and O–H groups in total. The van der Waals surface area contributed by atoms with Gasteiger partial charge in [-0.05, 0) is 62.9 Å². The number of rotatable bonds is 8. The van der Waals surface area contributed by atoms with Crippen molar-refractivity contribution in [3.05, 3.63) is 39.7 Å². The first kappa shape index (κ1) is 31.0. The van der Waals surface area contributed by atoms with Crippen molar-refractivity contribution in [1.82, 2.24) is 39.7 Å². The lowest BCUT2D eigenvalue weighted by molar-refractivity contribution is -0.187. The normalized spacial score (nSPS) is 27.6. The highest BCUT2D eigenvalue weighted by Gasteiger charge is 2.69. The van der Waals surface area contributed by atoms with Crippen molar-refractivity contribution in [3.63, 3.8) is 0 Å². The smallest absolute Gasteiger partial charge is 0.276 e. The van der Waals surface area contributed by atoms with Gasteiger partial charge in [0.2, 0.25) is 11.3 Å². The van der Waals surface area contributed by atoms with Gasteiger partial charge in [-0.25, -0.2) is 9.97 Å². The maximum Gasteiger partial charge on any atom is 0.276 e. The Bertz CT molecular complexity index is 1910. The molecule has 4 aliphatic carbocycles. The minimum Gasteiger partial charge on any atom is -0.504 e. The summed E-state index contributed by atoms with van der Waals surface area (Å²) in [5.41, 5.74) is 3.09. The van der Waals surface area contributed by atoms with Crippen molar-refractivity contribution in [2.24, 2.45) is 11.3 Å². The van der Waals surface area contributed by atoms with E-state index >= 15 is 0 Å². The molecule has 2 bridgehead atoms. The summed E-state index contributed by atoms with van der Waals surface area (Å²) in [5, 5.41) is 23.4. The predicted molar refractivity (Wildman–Crippen MR) is 176 cm³/mol. The zero-order valence-electron chi connectivity index (χ0n) is 28.0. The van der Waals surface area contributed by atoms with E-state index in [1.807, 2.05) is 17.6 Å². The second-order valence-electron chi connectivity index (χ2n) is 14.7. The van der Waals surface area contributed by atoms with E-state index in [-0.39, 0.29) is 58.4 Å². The van der Waals surface area contributed by atoms with Crippen LogP contribution < -0.4 is 15.6 Å². The zero-order valence-corrected chi connectivity index (χ0v) is 28.0. The third kappa shape index (κ3) is 4.58. The van der Waals surface area contributed by atoms with Gasteiger partial charge in [0.05, 0.1) is 30.6 Å². The molecule has 3 aromatic rings. The number of ether oxygens (including phenoxy) is 1. The molecule has 9 rings (SSSR count). The Morgan fingerprint density at radius 2 is 1.90 bits per heavy atom. The molecule has 3 aromatic heterocycles. The van der Waals surface area contributed by atoms with Crippen LogP contribution in [0.1, 0.15) is 81.2 Å². The van der Waals surface area contributed by atoms with Crippen molar-refractivity contribution in [3.8, 4) is 5.75 Å². The van der Waals surface area contributed by atoms with E-state index in [1.54, 1.807) is 11.8 Å². The summed E-state index contributed by atoms with van der Waals surface area (Å²) in [6.07, 6.45) is 8.93. The highest BCUT2D eigenvalue weighted by Crippen LogP contribution is 2.70. The molecular formula is C34H43N9O5. The van der Waals surface area contributed by atoms with E-state index in [0.717, 1.165) is 43.5 Å². The van der Waals surface area contributed by atoms with Crippen LogP contribution in [0.25, 0.3) is 16.9 Å². The largest absolute Gasteiger partial charge is 0.504 e. The average molecular weight is 658 g/mol. The lowest BCUT2D eigenvalue weighted by Gasteiger charge is -2.72. The maximum atomic E-state index is 14.5. The molecule has 5 fully saturated rings. The topological polar surface area (TPSA) is 161 Å². The molecule has 2 amide bonds. The van der Waals surface area contributed by atoms with Crippen molar-refractivity contribution >= 4 is 34.4 Å². The van der Waals surface area contributed by atoms with Gasteiger partial charge in [-0.2, -0.15) is 4.80 Å².